The lowest BCUT2D eigenvalue weighted by molar-refractivity contribution is -0.141. The molecule has 2 aliphatic rings. The number of rotatable bonds is 15. The lowest BCUT2D eigenvalue weighted by Gasteiger charge is -2.30. The molecule has 1 unspecified atom stereocenters. The lowest BCUT2D eigenvalue weighted by Crippen LogP contribution is -2.54. The van der Waals surface area contributed by atoms with Crippen LogP contribution in [-0.4, -0.2) is 109 Å². The molecule has 0 aliphatic carbocycles. The first kappa shape index (κ1) is 43.4. The Morgan fingerprint density at radius 2 is 1.31 bits per heavy atom. The van der Waals surface area contributed by atoms with Crippen molar-refractivity contribution in [2.24, 2.45) is 5.73 Å². The van der Waals surface area contributed by atoms with Crippen LogP contribution in [0.4, 0.5) is 9.59 Å². The number of nitrogens with zero attached hydrogens (tertiary/aromatic N) is 6. The number of aromatic nitrogens is 6. The van der Waals surface area contributed by atoms with Crippen molar-refractivity contribution < 1.29 is 33.4 Å². The molecule has 2 saturated heterocycles. The number of carbonyl (C=O) groups is 4. The number of aromatic amines is 2. The molecule has 5 N–H and O–H groups in total. The van der Waals surface area contributed by atoms with Crippen LogP contribution in [0.3, 0.4) is 0 Å². The van der Waals surface area contributed by atoms with Gasteiger partial charge >= 0.3 is 12.2 Å². The molecule has 8 rings (SSSR count). The minimum Gasteiger partial charge on any atom is -0.453 e. The van der Waals surface area contributed by atoms with Crippen molar-refractivity contribution in [3.8, 4) is 33.6 Å². The zero-order chi connectivity index (χ0) is 44.7. The number of H-pyrrole nitrogens is 2. The number of nitrogens with one attached hydrogen (secondary N) is 3. The third-order valence-corrected chi connectivity index (χ3v) is 12.0. The van der Waals surface area contributed by atoms with Crippen molar-refractivity contribution in [2.45, 2.75) is 75.9 Å². The van der Waals surface area contributed by atoms with E-state index < -0.39 is 30.4 Å². The van der Waals surface area contributed by atoms with E-state index in [2.05, 4.69) is 49.5 Å². The number of benzene rings is 3. The van der Waals surface area contributed by atoms with Gasteiger partial charge in [0.1, 0.15) is 17.7 Å². The molecule has 5 atom stereocenters. The number of nitrogens with two attached hydrogens (primary N) is 1. The Morgan fingerprint density at radius 3 is 1.84 bits per heavy atom. The Balaban J connectivity index is 0.900. The van der Waals surface area contributed by atoms with E-state index >= 15 is 0 Å². The number of ether oxygens (including phenoxy) is 3. The zero-order valence-corrected chi connectivity index (χ0v) is 36.0. The van der Waals surface area contributed by atoms with Gasteiger partial charge in [-0.1, -0.05) is 78.9 Å². The molecule has 0 radical (unpaired) electrons. The minimum atomic E-state index is -1.13. The fraction of sp³-hybridized carbons (Fsp3) is 0.340. The van der Waals surface area contributed by atoms with Crippen LogP contribution in [-0.2, 0) is 36.8 Å². The smallest absolute Gasteiger partial charge is 0.407 e. The molecule has 3 aromatic carbocycles. The molecule has 5 heterocycles. The highest BCUT2D eigenvalue weighted by Gasteiger charge is 2.39. The van der Waals surface area contributed by atoms with Crippen LogP contribution in [0.25, 0.3) is 33.6 Å². The van der Waals surface area contributed by atoms with Gasteiger partial charge in [-0.2, -0.15) is 0 Å². The first-order valence-electron chi connectivity index (χ1n) is 21.4. The SMILES string of the molecule is COC(=O)N[C@H](C(=O)N1CCCC1c1ncc(-c2ccc(-c3ccc(-c4cnc([C@@H]5CCCN5C(=O)[C@H](Cc5cn(Cc6ccccc6)cn5)OC(N)=O)[nH]4)cc3)cc2)[nH]1)[C@@H](C)OC. The Hall–Kier alpha value is -7.27. The minimum absolute atomic E-state index is 0.0910. The summed E-state index contributed by atoms with van der Waals surface area (Å²) in [6.07, 6.45) is 6.78. The first-order valence-corrected chi connectivity index (χ1v) is 21.4. The summed E-state index contributed by atoms with van der Waals surface area (Å²) in [6.45, 7) is 3.37. The van der Waals surface area contributed by atoms with Crippen molar-refractivity contribution in [1.29, 1.82) is 0 Å². The number of amides is 4. The zero-order valence-electron chi connectivity index (χ0n) is 36.0. The maximum absolute atomic E-state index is 14.0. The molecular weight excluding hydrogens is 817 g/mol. The van der Waals surface area contributed by atoms with Gasteiger partial charge in [0.05, 0.1) is 61.1 Å². The van der Waals surface area contributed by atoms with Crippen molar-refractivity contribution in [2.75, 3.05) is 27.3 Å². The summed E-state index contributed by atoms with van der Waals surface area (Å²) in [5, 5.41) is 2.62. The van der Waals surface area contributed by atoms with E-state index in [1.807, 2.05) is 65.4 Å². The standard InChI is InChI=1S/C47H52N10O7/c1-29(62-2)41(54-47(61)63-3)45(59)57-22-8-12-39(57)43-50-25-37(53-43)34-19-15-32(16-20-34)31-13-17-33(18-14-31)36-24-49-42(52-36)38-11-7-21-56(38)44(58)40(64-46(48)60)23-35-27-55(28-51-35)26-30-9-5-4-6-10-30/h4-6,9-10,13-20,24-25,27-29,38-41H,7-8,11-12,21-23,26H2,1-3H3,(H2,48,60)(H,49,52)(H,50,53)(H,54,61)/t29-,38+,39?,40+,41+/m1/s1. The van der Waals surface area contributed by atoms with Crippen LogP contribution in [0.1, 0.15) is 67.6 Å². The molecule has 3 aromatic heterocycles. The quantitative estimate of drug-likeness (QED) is 0.0921. The summed E-state index contributed by atoms with van der Waals surface area (Å²) in [5.41, 5.74) is 12.7. The van der Waals surface area contributed by atoms with Crippen molar-refractivity contribution in [3.63, 3.8) is 0 Å². The molecule has 17 nitrogen and oxygen atoms in total. The molecule has 4 amide bonds. The van der Waals surface area contributed by atoms with Gasteiger partial charge in [-0.25, -0.2) is 24.5 Å². The topological polar surface area (TPSA) is 216 Å². The van der Waals surface area contributed by atoms with E-state index in [0.29, 0.717) is 43.4 Å². The maximum Gasteiger partial charge on any atom is 0.407 e. The largest absolute Gasteiger partial charge is 0.453 e. The number of hydrogen-bond acceptors (Lipinski definition) is 10. The molecular formula is C47H52N10O7. The Kier molecular flexibility index (Phi) is 13.2. The van der Waals surface area contributed by atoms with Crippen molar-refractivity contribution in [1.82, 2.24) is 44.6 Å². The molecule has 17 heteroatoms. The van der Waals surface area contributed by atoms with E-state index in [1.165, 1.54) is 14.2 Å². The van der Waals surface area contributed by atoms with Gasteiger partial charge in [-0.15, -0.1) is 0 Å². The van der Waals surface area contributed by atoms with Gasteiger partial charge in [-0.3, -0.25) is 9.59 Å². The lowest BCUT2D eigenvalue weighted by atomic mass is 10.0. The van der Waals surface area contributed by atoms with Crippen LogP contribution in [0, 0.1) is 0 Å². The normalized spacial score (nSPS) is 17.5. The average Bonchev–Trinajstić information content (AvgIpc) is 4.18. The number of alkyl carbamates (subject to hydrolysis) is 1. The fourth-order valence-corrected chi connectivity index (χ4v) is 8.59. The molecule has 6 aromatic rings. The molecule has 0 spiro atoms. The van der Waals surface area contributed by atoms with Gasteiger partial charge in [0.15, 0.2) is 6.10 Å². The van der Waals surface area contributed by atoms with Crippen molar-refractivity contribution in [3.05, 3.63) is 127 Å². The maximum atomic E-state index is 14.0. The number of likely N-dealkylation sites (tertiary alicyclic amines) is 2. The Morgan fingerprint density at radius 1 is 0.766 bits per heavy atom. The highest BCUT2D eigenvalue weighted by atomic mass is 16.6. The molecule has 0 saturated carbocycles. The summed E-state index contributed by atoms with van der Waals surface area (Å²) in [6, 6.07) is 24.8. The third-order valence-electron chi connectivity index (χ3n) is 12.0. The van der Waals surface area contributed by atoms with Crippen LogP contribution in [0.15, 0.2) is 104 Å². The second kappa shape index (κ2) is 19.4. The predicted molar refractivity (Wildman–Crippen MR) is 236 cm³/mol. The Labute approximate surface area is 370 Å². The van der Waals surface area contributed by atoms with Gasteiger partial charge in [-0.05, 0) is 60.4 Å². The number of methoxy groups -OCH3 is 2. The van der Waals surface area contributed by atoms with E-state index in [-0.39, 0.29) is 30.3 Å². The molecule has 2 fully saturated rings. The van der Waals surface area contributed by atoms with E-state index in [1.54, 1.807) is 35.4 Å². The molecule has 0 bridgehead atoms. The van der Waals surface area contributed by atoms with Crippen LogP contribution in [0.5, 0.6) is 0 Å². The van der Waals surface area contributed by atoms with Crippen LogP contribution >= 0.6 is 0 Å². The van der Waals surface area contributed by atoms with Crippen LogP contribution < -0.4 is 11.1 Å². The number of imidazole rings is 3. The monoisotopic (exact) mass is 868 g/mol. The van der Waals surface area contributed by atoms with E-state index in [9.17, 15) is 19.2 Å². The third kappa shape index (κ3) is 9.68. The second-order valence-corrected chi connectivity index (χ2v) is 16.1. The van der Waals surface area contributed by atoms with E-state index in [0.717, 1.165) is 58.5 Å². The highest BCUT2D eigenvalue weighted by molar-refractivity contribution is 5.87. The average molecular weight is 869 g/mol. The fourth-order valence-electron chi connectivity index (χ4n) is 8.59. The van der Waals surface area contributed by atoms with Gasteiger partial charge in [0, 0.05) is 39.4 Å². The summed E-state index contributed by atoms with van der Waals surface area (Å²) in [7, 11) is 2.75. The second-order valence-electron chi connectivity index (χ2n) is 16.1. The van der Waals surface area contributed by atoms with Crippen molar-refractivity contribution >= 4 is 24.0 Å². The molecule has 64 heavy (non-hydrogen) atoms. The summed E-state index contributed by atoms with van der Waals surface area (Å²) in [4.78, 5) is 75.8. The number of carbonyl (C=O) groups excluding carboxylic acids is 4. The molecule has 2 aliphatic heterocycles. The Bertz CT molecular complexity index is 2550. The highest BCUT2D eigenvalue weighted by Crippen LogP contribution is 2.35. The van der Waals surface area contributed by atoms with Gasteiger partial charge in [0.2, 0.25) is 5.91 Å². The first-order chi connectivity index (χ1) is 31.1. The van der Waals surface area contributed by atoms with Gasteiger partial charge in [0.25, 0.3) is 5.91 Å². The van der Waals surface area contributed by atoms with Gasteiger partial charge < -0.3 is 49.6 Å². The number of primary amides is 1. The number of hydrogen-bond donors (Lipinski definition) is 4. The predicted octanol–water partition coefficient (Wildman–Crippen LogP) is 6.17. The van der Waals surface area contributed by atoms with Crippen LogP contribution in [0.2, 0.25) is 0 Å². The summed E-state index contributed by atoms with van der Waals surface area (Å²) >= 11 is 0. The summed E-state index contributed by atoms with van der Waals surface area (Å²) in [5.74, 6) is 0.733. The summed E-state index contributed by atoms with van der Waals surface area (Å²) < 4.78 is 17.5. The molecule has 332 valence electrons. The van der Waals surface area contributed by atoms with E-state index in [4.69, 9.17) is 24.9 Å².